The van der Waals surface area contributed by atoms with Gasteiger partial charge in [-0.3, -0.25) is 4.79 Å². The number of amides is 1. The number of hydrogen-bond acceptors (Lipinski definition) is 4. The summed E-state index contributed by atoms with van der Waals surface area (Å²) in [5.74, 6) is -0.457. The highest BCUT2D eigenvalue weighted by Crippen LogP contribution is 2.30. The maximum absolute atomic E-state index is 11.0. The Kier molecular flexibility index (Phi) is 2.35. The van der Waals surface area contributed by atoms with E-state index in [0.717, 1.165) is 14.8 Å². The summed E-state index contributed by atoms with van der Waals surface area (Å²) in [6.07, 6.45) is 0. The van der Waals surface area contributed by atoms with Crippen molar-refractivity contribution in [2.45, 2.75) is 6.92 Å². The summed E-state index contributed by atoms with van der Waals surface area (Å²) in [6, 6.07) is 3.94. The van der Waals surface area contributed by atoms with Gasteiger partial charge in [0, 0.05) is 4.88 Å². The molecule has 2 aromatic heterocycles. The van der Waals surface area contributed by atoms with Gasteiger partial charge in [-0.15, -0.1) is 22.7 Å². The quantitative estimate of drug-likeness (QED) is 0.850. The third kappa shape index (κ3) is 1.56. The van der Waals surface area contributed by atoms with Gasteiger partial charge in [-0.25, -0.2) is 4.98 Å². The van der Waals surface area contributed by atoms with Gasteiger partial charge in [0.15, 0.2) is 0 Å². The molecule has 0 fully saturated rings. The molecule has 0 aromatic carbocycles. The SMILES string of the molecule is Cc1sc(-c2cccs2)nc1C(N)=O. The van der Waals surface area contributed by atoms with E-state index < -0.39 is 5.91 Å². The number of carbonyl (C=O) groups is 1. The molecule has 0 aliphatic carbocycles. The average molecular weight is 224 g/mol. The Bertz CT molecular complexity index is 459. The van der Waals surface area contributed by atoms with Gasteiger partial charge in [0.1, 0.15) is 10.7 Å². The second-order valence-corrected chi connectivity index (χ2v) is 4.92. The standard InChI is InChI=1S/C9H8N2OS2/c1-5-7(8(10)12)11-9(14-5)6-3-2-4-13-6/h2-4H,1H3,(H2,10,12). The van der Waals surface area contributed by atoms with E-state index >= 15 is 0 Å². The van der Waals surface area contributed by atoms with Gasteiger partial charge in [0.25, 0.3) is 5.91 Å². The highest BCUT2D eigenvalue weighted by atomic mass is 32.1. The minimum atomic E-state index is -0.457. The number of nitrogens with zero attached hydrogens (tertiary/aromatic N) is 1. The zero-order valence-electron chi connectivity index (χ0n) is 7.48. The fraction of sp³-hybridized carbons (Fsp3) is 0.111. The lowest BCUT2D eigenvalue weighted by Gasteiger charge is -1.87. The van der Waals surface area contributed by atoms with E-state index in [9.17, 15) is 4.79 Å². The summed E-state index contributed by atoms with van der Waals surface area (Å²) in [6.45, 7) is 1.86. The first kappa shape index (κ1) is 9.36. The second-order valence-electron chi connectivity index (χ2n) is 2.77. The van der Waals surface area contributed by atoms with Crippen LogP contribution in [-0.4, -0.2) is 10.9 Å². The molecule has 2 rings (SSSR count). The van der Waals surface area contributed by atoms with E-state index in [-0.39, 0.29) is 0 Å². The molecule has 2 aromatic rings. The van der Waals surface area contributed by atoms with Crippen molar-refractivity contribution in [3.8, 4) is 9.88 Å². The summed E-state index contributed by atoms with van der Waals surface area (Å²) >= 11 is 3.10. The first-order valence-corrected chi connectivity index (χ1v) is 5.69. The lowest BCUT2D eigenvalue weighted by Crippen LogP contribution is -2.12. The number of hydrogen-bond donors (Lipinski definition) is 1. The summed E-state index contributed by atoms with van der Waals surface area (Å²) in [5, 5.41) is 2.85. The van der Waals surface area contributed by atoms with Gasteiger partial charge in [-0.2, -0.15) is 0 Å². The van der Waals surface area contributed by atoms with E-state index in [1.54, 1.807) is 11.3 Å². The topological polar surface area (TPSA) is 56.0 Å². The van der Waals surface area contributed by atoms with Crippen LogP contribution in [0.25, 0.3) is 9.88 Å². The number of aryl methyl sites for hydroxylation is 1. The van der Waals surface area contributed by atoms with Crippen molar-refractivity contribution in [2.24, 2.45) is 5.73 Å². The average Bonchev–Trinajstić information content (AvgIpc) is 2.70. The van der Waals surface area contributed by atoms with Gasteiger partial charge in [0.2, 0.25) is 0 Å². The fourth-order valence-electron chi connectivity index (χ4n) is 1.13. The number of primary amides is 1. The van der Waals surface area contributed by atoms with E-state index in [0.29, 0.717) is 5.69 Å². The highest BCUT2D eigenvalue weighted by molar-refractivity contribution is 7.21. The van der Waals surface area contributed by atoms with E-state index in [4.69, 9.17) is 5.73 Å². The molecule has 72 valence electrons. The summed E-state index contributed by atoms with van der Waals surface area (Å²) in [7, 11) is 0. The largest absolute Gasteiger partial charge is 0.364 e. The molecular weight excluding hydrogens is 216 g/mol. The number of rotatable bonds is 2. The minimum Gasteiger partial charge on any atom is -0.364 e. The Morgan fingerprint density at radius 3 is 2.86 bits per heavy atom. The molecule has 5 heteroatoms. The molecule has 0 aliphatic heterocycles. The Hall–Kier alpha value is -1.20. The van der Waals surface area contributed by atoms with Crippen molar-refractivity contribution in [2.75, 3.05) is 0 Å². The summed E-state index contributed by atoms with van der Waals surface area (Å²) in [5.41, 5.74) is 5.58. The third-order valence-electron chi connectivity index (χ3n) is 1.76. The monoisotopic (exact) mass is 224 g/mol. The highest BCUT2D eigenvalue weighted by Gasteiger charge is 2.13. The van der Waals surface area contributed by atoms with Crippen molar-refractivity contribution in [1.29, 1.82) is 0 Å². The van der Waals surface area contributed by atoms with Gasteiger partial charge < -0.3 is 5.73 Å². The molecule has 3 nitrogen and oxygen atoms in total. The normalized spacial score (nSPS) is 10.4. The Morgan fingerprint density at radius 1 is 1.57 bits per heavy atom. The number of thiophene rings is 1. The first-order valence-electron chi connectivity index (χ1n) is 3.99. The van der Waals surface area contributed by atoms with Crippen LogP contribution in [0.3, 0.4) is 0 Å². The van der Waals surface area contributed by atoms with Gasteiger partial charge in [-0.05, 0) is 18.4 Å². The molecule has 0 unspecified atom stereocenters. The Morgan fingerprint density at radius 2 is 2.36 bits per heavy atom. The molecule has 0 spiro atoms. The molecular formula is C9H8N2OS2. The molecule has 14 heavy (non-hydrogen) atoms. The predicted octanol–water partition coefficient (Wildman–Crippen LogP) is 2.28. The zero-order chi connectivity index (χ0) is 10.1. The van der Waals surface area contributed by atoms with E-state index in [1.807, 2.05) is 24.4 Å². The molecule has 0 saturated carbocycles. The predicted molar refractivity (Wildman–Crippen MR) is 58.7 cm³/mol. The van der Waals surface area contributed by atoms with Crippen LogP contribution in [-0.2, 0) is 0 Å². The molecule has 1 amide bonds. The van der Waals surface area contributed by atoms with Crippen molar-refractivity contribution in [1.82, 2.24) is 4.98 Å². The molecule has 0 radical (unpaired) electrons. The van der Waals surface area contributed by atoms with Crippen molar-refractivity contribution >= 4 is 28.6 Å². The maximum atomic E-state index is 11.0. The van der Waals surface area contributed by atoms with Crippen LogP contribution in [0, 0.1) is 6.92 Å². The van der Waals surface area contributed by atoms with Crippen LogP contribution < -0.4 is 5.73 Å². The molecule has 0 saturated heterocycles. The van der Waals surface area contributed by atoms with Crippen LogP contribution in [0.1, 0.15) is 15.4 Å². The summed E-state index contributed by atoms with van der Waals surface area (Å²) < 4.78 is 0. The van der Waals surface area contributed by atoms with Crippen LogP contribution in [0.15, 0.2) is 17.5 Å². The first-order chi connectivity index (χ1) is 6.68. The smallest absolute Gasteiger partial charge is 0.268 e. The van der Waals surface area contributed by atoms with Gasteiger partial charge in [0.05, 0.1) is 4.88 Å². The van der Waals surface area contributed by atoms with Crippen LogP contribution in [0.5, 0.6) is 0 Å². The van der Waals surface area contributed by atoms with E-state index in [2.05, 4.69) is 4.98 Å². The lowest BCUT2D eigenvalue weighted by atomic mass is 10.4. The van der Waals surface area contributed by atoms with Crippen molar-refractivity contribution < 1.29 is 4.79 Å². The van der Waals surface area contributed by atoms with Crippen LogP contribution in [0.4, 0.5) is 0 Å². The summed E-state index contributed by atoms with van der Waals surface area (Å²) in [4.78, 5) is 17.1. The van der Waals surface area contributed by atoms with E-state index in [1.165, 1.54) is 11.3 Å². The number of thiazole rings is 1. The molecule has 2 heterocycles. The molecule has 0 bridgehead atoms. The zero-order valence-corrected chi connectivity index (χ0v) is 9.11. The van der Waals surface area contributed by atoms with Crippen molar-refractivity contribution in [3.05, 3.63) is 28.1 Å². The second kappa shape index (κ2) is 3.51. The number of nitrogens with two attached hydrogens (primary N) is 1. The maximum Gasteiger partial charge on any atom is 0.268 e. The Balaban J connectivity index is 2.48. The van der Waals surface area contributed by atoms with Gasteiger partial charge >= 0.3 is 0 Å². The molecule has 0 atom stereocenters. The van der Waals surface area contributed by atoms with Crippen molar-refractivity contribution in [3.63, 3.8) is 0 Å². The molecule has 2 N–H and O–H groups in total. The number of aromatic nitrogens is 1. The minimum absolute atomic E-state index is 0.387. The lowest BCUT2D eigenvalue weighted by molar-refractivity contribution is 0.0996. The third-order valence-corrected chi connectivity index (χ3v) is 3.77. The number of carbonyl (C=O) groups excluding carboxylic acids is 1. The van der Waals surface area contributed by atoms with Crippen LogP contribution >= 0.6 is 22.7 Å². The fourth-order valence-corrected chi connectivity index (χ4v) is 2.85. The van der Waals surface area contributed by atoms with Crippen LogP contribution in [0.2, 0.25) is 0 Å². The molecule has 0 aliphatic rings. The van der Waals surface area contributed by atoms with Gasteiger partial charge in [-0.1, -0.05) is 6.07 Å². The Labute approximate surface area is 89.2 Å².